The fourth-order valence-electron chi connectivity index (χ4n) is 2.85. The highest BCUT2D eigenvalue weighted by Gasteiger charge is 2.46. The Labute approximate surface area is 162 Å². The number of aromatic nitrogens is 3. The number of hydrogen-bond donors (Lipinski definition) is 2. The fraction of sp³-hybridized carbons (Fsp3) is 0.412. The second-order valence-electron chi connectivity index (χ2n) is 6.80. The minimum Gasteiger partial charge on any atom is -0.340 e. The summed E-state index contributed by atoms with van der Waals surface area (Å²) in [4.78, 5) is 29.4. The Hall–Kier alpha value is -2.56. The summed E-state index contributed by atoms with van der Waals surface area (Å²) in [6.45, 7) is 1.83. The molecule has 1 aliphatic carbocycles. The molecule has 0 saturated heterocycles. The van der Waals surface area contributed by atoms with E-state index in [1.54, 1.807) is 18.3 Å². The number of pyridine rings is 1. The van der Waals surface area contributed by atoms with Crippen molar-refractivity contribution in [1.82, 2.24) is 24.8 Å². The van der Waals surface area contributed by atoms with Gasteiger partial charge in [0.1, 0.15) is 11.7 Å². The number of nitrogens with zero attached hydrogens (tertiary/aromatic N) is 3. The SMILES string of the molecule is Cc1ccc(-n2nc3c(c2C(=O)NSC2CC2)C(=O)NC(C(F)(F)F)C3)nc1. The second kappa shape index (κ2) is 6.80. The van der Waals surface area contributed by atoms with Crippen LogP contribution in [0.2, 0.25) is 0 Å². The first-order valence-electron chi connectivity index (χ1n) is 8.62. The van der Waals surface area contributed by atoms with Crippen molar-refractivity contribution in [2.75, 3.05) is 0 Å². The van der Waals surface area contributed by atoms with E-state index < -0.39 is 30.5 Å². The summed E-state index contributed by atoms with van der Waals surface area (Å²) < 4.78 is 43.2. The number of carbonyl (C=O) groups excluding carboxylic acids is 2. The third-order valence-electron chi connectivity index (χ3n) is 4.45. The largest absolute Gasteiger partial charge is 0.409 e. The number of fused-ring (bicyclic) bond motifs is 1. The topological polar surface area (TPSA) is 88.9 Å². The van der Waals surface area contributed by atoms with Crippen molar-refractivity contribution in [3.63, 3.8) is 0 Å². The highest BCUT2D eigenvalue weighted by atomic mass is 32.2. The normalized spacial score (nSPS) is 19.1. The van der Waals surface area contributed by atoms with E-state index in [2.05, 4.69) is 14.8 Å². The molecule has 0 radical (unpaired) electrons. The van der Waals surface area contributed by atoms with Gasteiger partial charge in [-0.05, 0) is 43.3 Å². The Morgan fingerprint density at radius 2 is 2.11 bits per heavy atom. The number of carbonyl (C=O) groups is 2. The number of hydrogen-bond acceptors (Lipinski definition) is 5. The van der Waals surface area contributed by atoms with Gasteiger partial charge in [-0.3, -0.25) is 14.3 Å². The maximum Gasteiger partial charge on any atom is 0.409 e. The van der Waals surface area contributed by atoms with Crippen LogP contribution in [0, 0.1) is 6.92 Å². The molecule has 2 aliphatic rings. The van der Waals surface area contributed by atoms with Gasteiger partial charge in [0.15, 0.2) is 5.82 Å². The van der Waals surface area contributed by atoms with Gasteiger partial charge in [-0.15, -0.1) is 0 Å². The molecule has 3 heterocycles. The van der Waals surface area contributed by atoms with Gasteiger partial charge >= 0.3 is 6.18 Å². The average Bonchev–Trinajstić information content (AvgIpc) is 3.38. The van der Waals surface area contributed by atoms with Crippen LogP contribution in [0.25, 0.3) is 5.82 Å². The van der Waals surface area contributed by atoms with Crippen LogP contribution in [0.3, 0.4) is 0 Å². The molecule has 0 spiro atoms. The van der Waals surface area contributed by atoms with Crippen molar-refractivity contribution in [2.45, 2.75) is 43.7 Å². The average molecular weight is 411 g/mol. The summed E-state index contributed by atoms with van der Waals surface area (Å²) in [5, 5.41) is 6.40. The molecule has 2 aromatic heterocycles. The lowest BCUT2D eigenvalue weighted by Crippen LogP contribution is -2.50. The van der Waals surface area contributed by atoms with Gasteiger partial charge in [-0.1, -0.05) is 6.07 Å². The number of amides is 2. The molecule has 148 valence electrons. The predicted molar refractivity (Wildman–Crippen MR) is 95.2 cm³/mol. The lowest BCUT2D eigenvalue weighted by Gasteiger charge is -2.25. The van der Waals surface area contributed by atoms with Crippen LogP contribution in [0.1, 0.15) is 44.9 Å². The van der Waals surface area contributed by atoms with E-state index in [9.17, 15) is 22.8 Å². The Bertz CT molecular complexity index is 938. The fourth-order valence-corrected chi connectivity index (χ4v) is 3.59. The lowest BCUT2D eigenvalue weighted by molar-refractivity contribution is -0.154. The van der Waals surface area contributed by atoms with Crippen LogP contribution in [-0.4, -0.2) is 44.0 Å². The van der Waals surface area contributed by atoms with Gasteiger partial charge in [0.2, 0.25) is 0 Å². The molecule has 1 unspecified atom stereocenters. The maximum absolute atomic E-state index is 13.1. The molecular weight excluding hydrogens is 395 g/mol. The van der Waals surface area contributed by atoms with Crippen LogP contribution in [-0.2, 0) is 6.42 Å². The minimum absolute atomic E-state index is 0.0741. The third kappa shape index (κ3) is 3.58. The molecule has 4 rings (SSSR count). The summed E-state index contributed by atoms with van der Waals surface area (Å²) in [5.41, 5.74) is 0.537. The van der Waals surface area contributed by atoms with Crippen molar-refractivity contribution >= 4 is 23.8 Å². The van der Waals surface area contributed by atoms with Gasteiger partial charge in [0.05, 0.1) is 11.3 Å². The molecule has 2 amide bonds. The van der Waals surface area contributed by atoms with E-state index in [1.807, 2.05) is 12.2 Å². The molecule has 7 nitrogen and oxygen atoms in total. The zero-order chi connectivity index (χ0) is 20.1. The highest BCUT2D eigenvalue weighted by molar-refractivity contribution is 7.98. The van der Waals surface area contributed by atoms with E-state index in [0.717, 1.165) is 23.1 Å². The van der Waals surface area contributed by atoms with Crippen molar-refractivity contribution in [2.24, 2.45) is 0 Å². The van der Waals surface area contributed by atoms with Crippen LogP contribution in [0.15, 0.2) is 18.3 Å². The van der Waals surface area contributed by atoms with E-state index in [4.69, 9.17) is 0 Å². The van der Waals surface area contributed by atoms with E-state index in [0.29, 0.717) is 5.25 Å². The number of aryl methyl sites for hydroxylation is 1. The first-order chi connectivity index (χ1) is 13.2. The monoisotopic (exact) mass is 411 g/mol. The molecule has 0 bridgehead atoms. The van der Waals surface area contributed by atoms with Crippen molar-refractivity contribution in [1.29, 1.82) is 0 Å². The first-order valence-corrected chi connectivity index (χ1v) is 9.50. The number of alkyl halides is 3. The highest BCUT2D eigenvalue weighted by Crippen LogP contribution is 2.33. The Morgan fingerprint density at radius 1 is 1.36 bits per heavy atom. The summed E-state index contributed by atoms with van der Waals surface area (Å²) in [6, 6.07) is 1.29. The predicted octanol–water partition coefficient (Wildman–Crippen LogP) is 2.33. The zero-order valence-corrected chi connectivity index (χ0v) is 15.5. The van der Waals surface area contributed by atoms with Crippen LogP contribution < -0.4 is 10.0 Å². The zero-order valence-electron chi connectivity index (χ0n) is 14.7. The summed E-state index contributed by atoms with van der Waals surface area (Å²) in [5.74, 6) is -1.31. The maximum atomic E-state index is 13.1. The minimum atomic E-state index is -4.61. The summed E-state index contributed by atoms with van der Waals surface area (Å²) >= 11 is 1.24. The van der Waals surface area contributed by atoms with Crippen LogP contribution in [0.4, 0.5) is 13.2 Å². The van der Waals surface area contributed by atoms with Gasteiger partial charge in [0.25, 0.3) is 11.8 Å². The Morgan fingerprint density at radius 3 is 2.71 bits per heavy atom. The Balaban J connectivity index is 1.77. The number of rotatable bonds is 4. The number of halogens is 3. The molecule has 2 aromatic rings. The van der Waals surface area contributed by atoms with Crippen LogP contribution in [0.5, 0.6) is 0 Å². The third-order valence-corrected chi connectivity index (χ3v) is 5.56. The number of nitrogens with one attached hydrogen (secondary N) is 2. The quantitative estimate of drug-likeness (QED) is 0.754. The standard InChI is InChI=1S/C17H16F3N5O2S/c1-8-2-5-12(21-7-8)25-14(16(27)24-28-9-3-4-9)13-10(23-25)6-11(17(18,19)20)22-15(13)26/h2,5,7,9,11H,3-4,6H2,1H3,(H,22,26)(H,24,27). The van der Waals surface area contributed by atoms with Gasteiger partial charge in [-0.25, -0.2) is 9.67 Å². The summed E-state index contributed by atoms with van der Waals surface area (Å²) in [6.07, 6.45) is -1.64. The second-order valence-corrected chi connectivity index (χ2v) is 7.90. The van der Waals surface area contributed by atoms with Crippen molar-refractivity contribution in [3.05, 3.63) is 40.8 Å². The first kappa shape index (κ1) is 18.8. The molecule has 11 heteroatoms. The lowest BCUT2D eigenvalue weighted by atomic mass is 9.99. The molecule has 28 heavy (non-hydrogen) atoms. The van der Waals surface area contributed by atoms with E-state index in [1.165, 1.54) is 11.9 Å². The molecule has 1 fully saturated rings. The Kier molecular flexibility index (Phi) is 4.56. The molecule has 1 aliphatic heterocycles. The van der Waals surface area contributed by atoms with E-state index in [-0.39, 0.29) is 22.8 Å². The molecule has 1 saturated carbocycles. The molecule has 1 atom stereocenters. The van der Waals surface area contributed by atoms with Crippen molar-refractivity contribution in [3.8, 4) is 5.82 Å². The molecule has 2 N–H and O–H groups in total. The van der Waals surface area contributed by atoms with Gasteiger partial charge < -0.3 is 5.32 Å². The molecule has 0 aromatic carbocycles. The van der Waals surface area contributed by atoms with E-state index >= 15 is 0 Å². The smallest absolute Gasteiger partial charge is 0.340 e. The van der Waals surface area contributed by atoms with Gasteiger partial charge in [0, 0.05) is 17.9 Å². The summed E-state index contributed by atoms with van der Waals surface area (Å²) in [7, 11) is 0. The van der Waals surface area contributed by atoms with Crippen molar-refractivity contribution < 1.29 is 22.8 Å². The van der Waals surface area contributed by atoms with Crippen LogP contribution >= 0.6 is 11.9 Å². The van der Waals surface area contributed by atoms with Gasteiger partial charge in [-0.2, -0.15) is 18.3 Å². The molecular formula is C17H16F3N5O2S.